The van der Waals surface area contributed by atoms with Crippen molar-refractivity contribution in [1.29, 1.82) is 0 Å². The second-order valence-electron chi connectivity index (χ2n) is 6.35. The normalized spacial score (nSPS) is 14.5. The largest absolute Gasteiger partial charge is 0.240 e. The number of thioether (sulfide) groups is 1. The molecule has 24 heavy (non-hydrogen) atoms. The molecule has 0 aliphatic heterocycles. The lowest BCUT2D eigenvalue weighted by molar-refractivity contribution is 0.565. The van der Waals surface area contributed by atoms with Crippen molar-refractivity contribution in [2.75, 3.05) is 0 Å². The third-order valence-corrected chi connectivity index (χ3v) is 5.99. The van der Waals surface area contributed by atoms with Crippen molar-refractivity contribution in [1.82, 2.24) is 25.2 Å². The van der Waals surface area contributed by atoms with Crippen LogP contribution in [0.4, 0.5) is 0 Å². The van der Waals surface area contributed by atoms with Gasteiger partial charge in [-0.15, -0.1) is 16.4 Å². The minimum atomic E-state index is 0.507. The summed E-state index contributed by atoms with van der Waals surface area (Å²) < 4.78 is 1.95. The molecule has 1 fully saturated rings. The summed E-state index contributed by atoms with van der Waals surface area (Å²) in [5, 5.41) is 16.1. The fraction of sp³-hybridized carbons (Fsp3) is 0.412. The Kier molecular flexibility index (Phi) is 4.37. The van der Waals surface area contributed by atoms with Gasteiger partial charge in [-0.2, -0.15) is 0 Å². The summed E-state index contributed by atoms with van der Waals surface area (Å²) in [6.07, 6.45) is 2.37. The average molecular weight is 358 g/mol. The zero-order valence-corrected chi connectivity index (χ0v) is 15.3. The van der Waals surface area contributed by atoms with Gasteiger partial charge in [-0.25, -0.2) is 9.67 Å². The Morgan fingerprint density at radius 2 is 2.04 bits per heavy atom. The SMILES string of the molecule is CC(C)c1ccc(-c2nc(CSc3nnnn3C3CC3)cs2)cc1. The van der Waals surface area contributed by atoms with Gasteiger partial charge in [0.05, 0.1) is 11.7 Å². The number of nitrogens with zero attached hydrogens (tertiary/aromatic N) is 5. The molecule has 5 nitrogen and oxygen atoms in total. The molecule has 0 amide bonds. The molecule has 4 rings (SSSR count). The molecule has 1 aromatic carbocycles. The first-order valence-corrected chi connectivity index (χ1v) is 10.0. The van der Waals surface area contributed by atoms with Crippen molar-refractivity contribution in [2.45, 2.75) is 49.6 Å². The highest BCUT2D eigenvalue weighted by molar-refractivity contribution is 7.98. The van der Waals surface area contributed by atoms with Crippen LogP contribution in [-0.2, 0) is 5.75 Å². The van der Waals surface area contributed by atoms with E-state index in [4.69, 9.17) is 4.98 Å². The minimum Gasteiger partial charge on any atom is -0.240 e. The first-order valence-electron chi connectivity index (χ1n) is 8.16. The number of tetrazole rings is 1. The van der Waals surface area contributed by atoms with Crippen molar-refractivity contribution in [3.8, 4) is 10.6 Å². The van der Waals surface area contributed by atoms with Crippen LogP contribution in [0, 0.1) is 0 Å². The van der Waals surface area contributed by atoms with E-state index in [0.717, 1.165) is 21.6 Å². The van der Waals surface area contributed by atoms with Gasteiger partial charge in [0.2, 0.25) is 5.16 Å². The molecule has 0 radical (unpaired) electrons. The highest BCUT2D eigenvalue weighted by atomic mass is 32.2. The Bertz CT molecular complexity index is 818. The molecule has 7 heteroatoms. The molecule has 0 saturated heterocycles. The maximum atomic E-state index is 4.76. The van der Waals surface area contributed by atoms with E-state index in [0.29, 0.717) is 12.0 Å². The van der Waals surface area contributed by atoms with Crippen molar-refractivity contribution >= 4 is 23.1 Å². The molecule has 0 atom stereocenters. The lowest BCUT2D eigenvalue weighted by Crippen LogP contribution is -1.98. The van der Waals surface area contributed by atoms with Crippen LogP contribution < -0.4 is 0 Å². The molecule has 1 saturated carbocycles. The number of hydrogen-bond donors (Lipinski definition) is 0. The van der Waals surface area contributed by atoms with Crippen molar-refractivity contribution in [2.24, 2.45) is 0 Å². The third kappa shape index (κ3) is 3.37. The Hall–Kier alpha value is -1.73. The van der Waals surface area contributed by atoms with Crippen molar-refractivity contribution in [3.63, 3.8) is 0 Å². The fourth-order valence-electron chi connectivity index (χ4n) is 2.48. The Morgan fingerprint density at radius 1 is 1.25 bits per heavy atom. The summed E-state index contributed by atoms with van der Waals surface area (Å²) >= 11 is 3.36. The van der Waals surface area contributed by atoms with E-state index in [2.05, 4.69) is 59.0 Å². The number of hydrogen-bond acceptors (Lipinski definition) is 6. The molecular weight excluding hydrogens is 338 g/mol. The highest BCUT2D eigenvalue weighted by Gasteiger charge is 2.27. The van der Waals surface area contributed by atoms with E-state index in [9.17, 15) is 0 Å². The van der Waals surface area contributed by atoms with Crippen molar-refractivity contribution in [3.05, 3.63) is 40.9 Å². The van der Waals surface area contributed by atoms with Crippen LogP contribution in [0.15, 0.2) is 34.8 Å². The first kappa shape index (κ1) is 15.8. The monoisotopic (exact) mass is 357 g/mol. The van der Waals surface area contributed by atoms with E-state index >= 15 is 0 Å². The van der Waals surface area contributed by atoms with Gasteiger partial charge in [0.25, 0.3) is 0 Å². The van der Waals surface area contributed by atoms with E-state index in [-0.39, 0.29) is 0 Å². The molecule has 0 unspecified atom stereocenters. The van der Waals surface area contributed by atoms with Crippen LogP contribution in [0.5, 0.6) is 0 Å². The van der Waals surface area contributed by atoms with E-state index < -0.39 is 0 Å². The lowest BCUT2D eigenvalue weighted by atomic mass is 10.0. The number of benzene rings is 1. The summed E-state index contributed by atoms with van der Waals surface area (Å²) in [5.41, 5.74) is 3.62. The van der Waals surface area contributed by atoms with Gasteiger partial charge in [-0.3, -0.25) is 0 Å². The fourth-order valence-corrected chi connectivity index (χ4v) is 4.25. The van der Waals surface area contributed by atoms with Crippen LogP contribution in [0.2, 0.25) is 0 Å². The average Bonchev–Trinajstić information content (AvgIpc) is 3.14. The van der Waals surface area contributed by atoms with E-state index in [1.807, 2.05) is 4.68 Å². The quantitative estimate of drug-likeness (QED) is 0.606. The molecule has 1 aliphatic carbocycles. The van der Waals surface area contributed by atoms with Crippen LogP contribution in [0.1, 0.15) is 49.9 Å². The van der Waals surface area contributed by atoms with Crippen LogP contribution in [0.3, 0.4) is 0 Å². The van der Waals surface area contributed by atoms with Gasteiger partial charge < -0.3 is 0 Å². The van der Waals surface area contributed by atoms with Crippen LogP contribution in [0.25, 0.3) is 10.6 Å². The van der Waals surface area contributed by atoms with Gasteiger partial charge in [0, 0.05) is 16.7 Å². The summed E-state index contributed by atoms with van der Waals surface area (Å²) in [6.45, 7) is 4.42. The highest BCUT2D eigenvalue weighted by Crippen LogP contribution is 2.37. The van der Waals surface area contributed by atoms with Gasteiger partial charge in [-0.05, 0) is 34.7 Å². The predicted octanol–water partition coefficient (Wildman–Crippen LogP) is 4.55. The Morgan fingerprint density at radius 3 is 2.75 bits per heavy atom. The number of rotatable bonds is 6. The van der Waals surface area contributed by atoms with E-state index in [1.54, 1.807) is 23.1 Å². The zero-order valence-electron chi connectivity index (χ0n) is 13.7. The summed E-state index contributed by atoms with van der Waals surface area (Å²) in [4.78, 5) is 4.76. The molecule has 2 heterocycles. The topological polar surface area (TPSA) is 56.5 Å². The standard InChI is InChI=1S/C17H19N5S2/c1-11(2)12-3-5-13(6-4-12)16-18-14(9-23-16)10-24-17-19-20-21-22(17)15-7-8-15/h3-6,9,11,15H,7-8,10H2,1-2H3. The van der Waals surface area contributed by atoms with Gasteiger partial charge in [0.15, 0.2) is 0 Å². The summed E-state index contributed by atoms with van der Waals surface area (Å²) in [6, 6.07) is 9.23. The maximum Gasteiger partial charge on any atom is 0.209 e. The molecule has 124 valence electrons. The zero-order chi connectivity index (χ0) is 16.5. The van der Waals surface area contributed by atoms with Gasteiger partial charge >= 0.3 is 0 Å². The molecule has 0 N–H and O–H groups in total. The molecular formula is C17H19N5S2. The van der Waals surface area contributed by atoms with Gasteiger partial charge in [0.1, 0.15) is 5.01 Å². The second kappa shape index (κ2) is 6.64. The second-order valence-corrected chi connectivity index (χ2v) is 8.15. The van der Waals surface area contributed by atoms with Crippen LogP contribution in [-0.4, -0.2) is 25.2 Å². The number of thiazole rings is 1. The molecule has 2 aromatic heterocycles. The van der Waals surface area contributed by atoms with Crippen LogP contribution >= 0.6 is 23.1 Å². The van der Waals surface area contributed by atoms with Gasteiger partial charge in [-0.1, -0.05) is 49.9 Å². The summed E-state index contributed by atoms with van der Waals surface area (Å²) in [5.74, 6) is 1.35. The predicted molar refractivity (Wildman–Crippen MR) is 97.3 cm³/mol. The minimum absolute atomic E-state index is 0.507. The molecule has 0 bridgehead atoms. The Labute approximate surface area is 149 Å². The Balaban J connectivity index is 1.43. The van der Waals surface area contributed by atoms with E-state index in [1.165, 1.54) is 24.0 Å². The first-order chi connectivity index (χ1) is 11.7. The maximum absolute atomic E-state index is 4.76. The smallest absolute Gasteiger partial charge is 0.209 e. The summed E-state index contributed by atoms with van der Waals surface area (Å²) in [7, 11) is 0. The molecule has 3 aromatic rings. The number of aromatic nitrogens is 5. The third-order valence-electron chi connectivity index (χ3n) is 4.08. The molecule has 1 aliphatic rings. The van der Waals surface area contributed by atoms with Crippen molar-refractivity contribution < 1.29 is 0 Å². The molecule has 0 spiro atoms. The lowest BCUT2D eigenvalue weighted by Gasteiger charge is -2.05.